The first-order valence-corrected chi connectivity index (χ1v) is 21.9. The van der Waals surface area contributed by atoms with Crippen LogP contribution in [-0.2, 0) is 36.1 Å². The largest absolute Gasteiger partial charge is 0.398 e. The molecule has 0 aliphatic rings. The number of halogens is 9. The van der Waals surface area contributed by atoms with Gasteiger partial charge in [-0.2, -0.15) is 13.2 Å². The average molecular weight is 807 g/mol. The van der Waals surface area contributed by atoms with E-state index >= 15 is 0 Å². The standard InChI is InChI=1S/C11H13F5O2Si.C9H13FO3Si.C8H17F3O2Si.2CH2O/c1-4-17-19(3,18-5-2)11-9(15)7(13)6(12)8(14)10(11)16;1-12-14(7-11,13-2)9-5-3-4-8(10)6-9;1-4-12-14(3,13-5-2)7-6-8(9,10)11;2*1-2/h4-5H2,1-3H3;3-6,11H,7H2,1-2H3;4-7H2,1-3H3;2*1H2. The summed E-state index contributed by atoms with van der Waals surface area (Å²) in [6, 6.07) is 5.90. The molecule has 0 aromatic heterocycles. The summed E-state index contributed by atoms with van der Waals surface area (Å²) in [7, 11) is -6.18. The molecule has 0 aliphatic heterocycles. The summed E-state index contributed by atoms with van der Waals surface area (Å²) in [6.45, 7) is 14.4. The van der Waals surface area contributed by atoms with Crippen molar-refractivity contribution in [1.29, 1.82) is 0 Å². The van der Waals surface area contributed by atoms with Gasteiger partial charge in [-0.1, -0.05) is 12.1 Å². The third kappa shape index (κ3) is 17.3. The molecule has 0 amide bonds. The van der Waals surface area contributed by atoms with Gasteiger partial charge in [0.05, 0.1) is 11.4 Å². The van der Waals surface area contributed by atoms with E-state index in [0.29, 0.717) is 18.4 Å². The molecule has 0 aliphatic carbocycles. The van der Waals surface area contributed by atoms with E-state index in [2.05, 4.69) is 0 Å². The smallest absolute Gasteiger partial charge is 0.395 e. The maximum atomic E-state index is 13.7. The first-order chi connectivity index (χ1) is 23.8. The van der Waals surface area contributed by atoms with E-state index in [1.54, 1.807) is 32.5 Å². The fraction of sp³-hybridized carbons (Fsp3) is 0.533. The van der Waals surface area contributed by atoms with Crippen LogP contribution in [0.4, 0.5) is 39.5 Å². The minimum Gasteiger partial charge on any atom is -0.395 e. The molecule has 296 valence electrons. The second-order valence-electron chi connectivity index (χ2n) is 9.70. The van der Waals surface area contributed by atoms with E-state index in [1.165, 1.54) is 46.7 Å². The molecule has 0 fully saturated rings. The Morgan fingerprint density at radius 2 is 1.08 bits per heavy atom. The number of carbonyl (C=O) groups is 2. The Hall–Kier alpha value is -2.48. The van der Waals surface area contributed by atoms with Gasteiger partial charge in [-0.05, 0) is 64.2 Å². The molecule has 0 saturated carbocycles. The van der Waals surface area contributed by atoms with E-state index in [9.17, 15) is 44.6 Å². The van der Waals surface area contributed by atoms with Crippen molar-refractivity contribution in [2.24, 2.45) is 0 Å². The monoisotopic (exact) mass is 806 g/mol. The van der Waals surface area contributed by atoms with Gasteiger partial charge in [0.2, 0.25) is 5.82 Å². The summed E-state index contributed by atoms with van der Waals surface area (Å²) in [4.78, 5) is 16.0. The molecule has 9 nitrogen and oxygen atoms in total. The summed E-state index contributed by atoms with van der Waals surface area (Å²) in [5.74, 6) is -10.3. The molecule has 2 aromatic carbocycles. The molecule has 0 bridgehead atoms. The minimum absolute atomic E-state index is 0.0296. The Morgan fingerprint density at radius 1 is 0.686 bits per heavy atom. The number of rotatable bonds is 15. The van der Waals surface area contributed by atoms with Gasteiger partial charge in [-0.3, -0.25) is 0 Å². The fourth-order valence-electron chi connectivity index (χ4n) is 4.17. The summed E-state index contributed by atoms with van der Waals surface area (Å²) in [5, 5.41) is 8.81. The van der Waals surface area contributed by atoms with Gasteiger partial charge in [0.1, 0.15) is 19.4 Å². The number of benzene rings is 2. The number of hydrogen-bond acceptors (Lipinski definition) is 9. The summed E-state index contributed by atoms with van der Waals surface area (Å²) in [5.41, 5.74) is 0. The molecule has 21 heteroatoms. The third-order valence-electron chi connectivity index (χ3n) is 6.40. The second kappa shape index (κ2) is 26.3. The number of aliphatic hydroxyl groups excluding tert-OH is 1. The quantitative estimate of drug-likeness (QED) is 0.104. The maximum Gasteiger partial charge on any atom is 0.398 e. The lowest BCUT2D eigenvalue weighted by atomic mass is 10.3. The highest BCUT2D eigenvalue weighted by Crippen LogP contribution is 2.27. The molecule has 0 radical (unpaired) electrons. The van der Waals surface area contributed by atoms with Crippen LogP contribution in [0.3, 0.4) is 0 Å². The summed E-state index contributed by atoms with van der Waals surface area (Å²) in [6.07, 6.45) is -5.18. The van der Waals surface area contributed by atoms with Crippen LogP contribution in [0.5, 0.6) is 0 Å². The SMILES string of the molecule is C=O.C=O.CCO[Si](C)(CCC(F)(F)F)OCC.CCO[Si](C)(OCC)c1c(F)c(F)c(F)c(F)c1F.CO[Si](CO)(OC)c1cccc(F)c1. The second-order valence-corrected chi connectivity index (χ2v) is 19.2. The Morgan fingerprint density at radius 3 is 1.39 bits per heavy atom. The van der Waals surface area contributed by atoms with Crippen LogP contribution in [0, 0.1) is 34.9 Å². The van der Waals surface area contributed by atoms with E-state index in [0.717, 1.165) is 0 Å². The van der Waals surface area contributed by atoms with Crippen molar-refractivity contribution in [3.8, 4) is 0 Å². The van der Waals surface area contributed by atoms with Crippen molar-refractivity contribution in [3.05, 3.63) is 59.2 Å². The molecule has 0 saturated heterocycles. The summed E-state index contributed by atoms with van der Waals surface area (Å²) < 4.78 is 147. The zero-order chi connectivity index (χ0) is 40.6. The van der Waals surface area contributed by atoms with Crippen molar-refractivity contribution >= 4 is 49.6 Å². The number of hydrogen-bond donors (Lipinski definition) is 1. The van der Waals surface area contributed by atoms with Crippen molar-refractivity contribution < 1.29 is 80.8 Å². The molecule has 0 unspecified atom stereocenters. The highest BCUT2D eigenvalue weighted by Gasteiger charge is 2.43. The lowest BCUT2D eigenvalue weighted by Crippen LogP contribution is -2.56. The molecule has 1 N–H and O–H groups in total. The van der Waals surface area contributed by atoms with Crippen LogP contribution in [0.1, 0.15) is 34.1 Å². The Bertz CT molecular complexity index is 1210. The molecule has 2 aromatic rings. The predicted octanol–water partition coefficient (Wildman–Crippen LogP) is 5.75. The zero-order valence-electron chi connectivity index (χ0n) is 29.8. The molecule has 0 spiro atoms. The van der Waals surface area contributed by atoms with Gasteiger partial charge in [0.15, 0.2) is 23.3 Å². The van der Waals surface area contributed by atoms with Gasteiger partial charge in [0.25, 0.3) is 0 Å². The predicted molar refractivity (Wildman–Crippen MR) is 178 cm³/mol. The first-order valence-electron chi connectivity index (χ1n) is 15.0. The van der Waals surface area contributed by atoms with Crippen molar-refractivity contribution in [2.45, 2.75) is 59.4 Å². The minimum atomic E-state index is -4.12. The van der Waals surface area contributed by atoms with Crippen LogP contribution in [0.2, 0.25) is 19.1 Å². The van der Waals surface area contributed by atoms with Crippen LogP contribution >= 0.6 is 0 Å². The molecular formula is C30H47F9O9Si3. The summed E-state index contributed by atoms with van der Waals surface area (Å²) >= 11 is 0. The molecular weight excluding hydrogens is 760 g/mol. The number of aliphatic hydroxyl groups is 1. The Balaban J connectivity index is -0.000000655. The normalized spacial score (nSPS) is 11.5. The van der Waals surface area contributed by atoms with Crippen molar-refractivity contribution in [1.82, 2.24) is 0 Å². The highest BCUT2D eigenvalue weighted by atomic mass is 28.4. The Labute approximate surface area is 295 Å². The van der Waals surface area contributed by atoms with Crippen LogP contribution in [0.15, 0.2) is 24.3 Å². The average Bonchev–Trinajstić information content (AvgIpc) is 3.09. The zero-order valence-corrected chi connectivity index (χ0v) is 32.8. The number of alkyl halides is 3. The van der Waals surface area contributed by atoms with E-state index < -0.39 is 72.6 Å². The topological polar surface area (TPSA) is 110 Å². The van der Waals surface area contributed by atoms with Gasteiger partial charge < -0.3 is 41.3 Å². The van der Waals surface area contributed by atoms with Gasteiger partial charge in [0, 0.05) is 47.1 Å². The van der Waals surface area contributed by atoms with Gasteiger partial charge in [-0.15, -0.1) is 0 Å². The molecule has 0 atom stereocenters. The lowest BCUT2D eigenvalue weighted by molar-refractivity contribution is -0.132. The van der Waals surface area contributed by atoms with Crippen LogP contribution < -0.4 is 10.4 Å². The highest BCUT2D eigenvalue weighted by molar-refractivity contribution is 6.81. The molecule has 0 heterocycles. The van der Waals surface area contributed by atoms with E-state index in [-0.39, 0.29) is 31.3 Å². The van der Waals surface area contributed by atoms with Crippen LogP contribution in [0.25, 0.3) is 0 Å². The van der Waals surface area contributed by atoms with Crippen molar-refractivity contribution in [2.75, 3.05) is 46.9 Å². The fourth-order valence-corrected chi connectivity index (χ4v) is 10.8. The van der Waals surface area contributed by atoms with Crippen molar-refractivity contribution in [3.63, 3.8) is 0 Å². The van der Waals surface area contributed by atoms with Gasteiger partial charge in [-0.25, -0.2) is 26.3 Å². The van der Waals surface area contributed by atoms with E-state index in [4.69, 9.17) is 36.1 Å². The van der Waals surface area contributed by atoms with Gasteiger partial charge >= 0.3 is 31.9 Å². The molecule has 2 rings (SSSR count). The first kappa shape index (κ1) is 52.9. The third-order valence-corrected chi connectivity index (χ3v) is 15.3. The Kier molecular flexibility index (Phi) is 27.3. The maximum absolute atomic E-state index is 13.7. The lowest BCUT2D eigenvalue weighted by Gasteiger charge is -2.27. The van der Waals surface area contributed by atoms with Crippen LogP contribution in [-0.4, -0.2) is 97.4 Å². The number of carbonyl (C=O) groups excluding carboxylic acids is 2. The molecule has 51 heavy (non-hydrogen) atoms. The van der Waals surface area contributed by atoms with E-state index in [1.807, 2.05) is 13.6 Å².